The predicted octanol–water partition coefficient (Wildman–Crippen LogP) is 9.70. The predicted molar refractivity (Wildman–Crippen MR) is 127 cm³/mol. The van der Waals surface area contributed by atoms with E-state index in [2.05, 4.69) is 6.92 Å². The minimum Gasteiger partial charge on any atom is -0.453 e. The van der Waals surface area contributed by atoms with Crippen LogP contribution in [0.3, 0.4) is 0 Å². The van der Waals surface area contributed by atoms with Gasteiger partial charge in [-0.15, -0.1) is 0 Å². The fraction of sp³-hybridized carbons (Fsp3) is 0.379. The highest BCUT2D eigenvalue weighted by molar-refractivity contribution is 5.71. The van der Waals surface area contributed by atoms with Crippen LogP contribution in [-0.2, 0) is 0 Å². The molecule has 1 saturated carbocycles. The summed E-state index contributed by atoms with van der Waals surface area (Å²) in [6, 6.07) is 11.1. The Bertz CT molecular complexity index is 1130. The topological polar surface area (TPSA) is 9.23 Å². The van der Waals surface area contributed by atoms with Gasteiger partial charge in [0.2, 0.25) is 5.82 Å². The standard InChI is InChI=1S/C29H29F5O/c1-2-3-4-5-18-6-8-19(9-7-18)20-10-12-21(13-11-20)23-14-15-24(30)28(34)29(23)35-22-16-25(31)27(33)26(32)17-22/h10-19H,2-9H2,1H3. The highest BCUT2D eigenvalue weighted by atomic mass is 19.2. The van der Waals surface area contributed by atoms with Gasteiger partial charge in [0.15, 0.2) is 29.0 Å². The lowest BCUT2D eigenvalue weighted by molar-refractivity contribution is 0.303. The zero-order valence-corrected chi connectivity index (χ0v) is 19.7. The second kappa shape index (κ2) is 11.2. The van der Waals surface area contributed by atoms with E-state index in [-0.39, 0.29) is 5.56 Å². The van der Waals surface area contributed by atoms with Crippen LogP contribution in [0.25, 0.3) is 11.1 Å². The molecule has 0 N–H and O–H groups in total. The lowest BCUT2D eigenvalue weighted by Gasteiger charge is -2.29. The van der Waals surface area contributed by atoms with Crippen LogP contribution < -0.4 is 4.74 Å². The summed E-state index contributed by atoms with van der Waals surface area (Å²) < 4.78 is 74.5. The van der Waals surface area contributed by atoms with E-state index in [1.54, 1.807) is 0 Å². The fourth-order valence-corrected chi connectivity index (χ4v) is 4.97. The molecule has 3 aromatic rings. The first kappa shape index (κ1) is 25.2. The van der Waals surface area contributed by atoms with Crippen molar-refractivity contribution in [3.8, 4) is 22.6 Å². The summed E-state index contributed by atoms with van der Waals surface area (Å²) in [5.74, 6) is -6.81. The molecule has 3 aromatic carbocycles. The van der Waals surface area contributed by atoms with Crippen LogP contribution >= 0.6 is 0 Å². The van der Waals surface area contributed by atoms with E-state index in [1.807, 2.05) is 24.3 Å². The number of rotatable bonds is 8. The molecule has 1 nitrogen and oxygen atoms in total. The maximum Gasteiger partial charge on any atom is 0.201 e. The van der Waals surface area contributed by atoms with E-state index in [0.717, 1.165) is 24.8 Å². The first-order valence-electron chi connectivity index (χ1n) is 12.3. The van der Waals surface area contributed by atoms with Crippen LogP contribution in [0.15, 0.2) is 48.5 Å². The molecular weight excluding hydrogens is 459 g/mol. The summed E-state index contributed by atoms with van der Waals surface area (Å²) in [7, 11) is 0. The molecule has 0 radical (unpaired) electrons. The summed E-state index contributed by atoms with van der Waals surface area (Å²) in [5, 5.41) is 0. The van der Waals surface area contributed by atoms with Crippen molar-refractivity contribution in [2.45, 2.75) is 64.2 Å². The minimum atomic E-state index is -1.66. The smallest absolute Gasteiger partial charge is 0.201 e. The minimum absolute atomic E-state index is 0.222. The molecular formula is C29H29F5O. The Balaban J connectivity index is 1.52. The number of hydrogen-bond acceptors (Lipinski definition) is 1. The Morgan fingerprint density at radius 3 is 2.03 bits per heavy atom. The van der Waals surface area contributed by atoms with Crippen molar-refractivity contribution in [2.24, 2.45) is 5.92 Å². The van der Waals surface area contributed by atoms with Gasteiger partial charge < -0.3 is 4.74 Å². The third kappa shape index (κ3) is 5.85. The average molecular weight is 489 g/mol. The van der Waals surface area contributed by atoms with Crippen LogP contribution in [0.4, 0.5) is 22.0 Å². The quantitative estimate of drug-likeness (QED) is 0.174. The molecule has 1 aliphatic carbocycles. The molecule has 0 saturated heterocycles. The van der Waals surface area contributed by atoms with Gasteiger partial charge in [0.05, 0.1) is 0 Å². The number of halogens is 5. The molecule has 0 heterocycles. The van der Waals surface area contributed by atoms with E-state index in [0.29, 0.717) is 23.6 Å². The van der Waals surface area contributed by atoms with Crippen molar-refractivity contribution >= 4 is 0 Å². The van der Waals surface area contributed by atoms with Crippen LogP contribution in [0, 0.1) is 35.0 Å². The first-order valence-corrected chi connectivity index (χ1v) is 12.3. The van der Waals surface area contributed by atoms with Gasteiger partial charge in [-0.1, -0.05) is 56.9 Å². The molecule has 0 aliphatic heterocycles. The Kier molecular flexibility index (Phi) is 8.09. The monoisotopic (exact) mass is 488 g/mol. The number of unbranched alkanes of at least 4 members (excludes halogenated alkanes) is 2. The highest BCUT2D eigenvalue weighted by Gasteiger charge is 2.23. The second-order valence-electron chi connectivity index (χ2n) is 9.38. The van der Waals surface area contributed by atoms with Crippen molar-refractivity contribution < 1.29 is 26.7 Å². The van der Waals surface area contributed by atoms with Gasteiger partial charge in [0.25, 0.3) is 0 Å². The fourth-order valence-electron chi connectivity index (χ4n) is 4.97. The maximum atomic E-state index is 14.7. The van der Waals surface area contributed by atoms with E-state index in [4.69, 9.17) is 4.74 Å². The average Bonchev–Trinajstić information content (AvgIpc) is 2.86. The van der Waals surface area contributed by atoms with Gasteiger partial charge in [-0.05, 0) is 60.8 Å². The second-order valence-corrected chi connectivity index (χ2v) is 9.38. The zero-order valence-electron chi connectivity index (χ0n) is 19.7. The number of benzene rings is 3. The van der Waals surface area contributed by atoms with E-state index >= 15 is 0 Å². The van der Waals surface area contributed by atoms with Crippen LogP contribution in [0.1, 0.15) is 69.8 Å². The molecule has 186 valence electrons. The molecule has 4 rings (SSSR count). The highest BCUT2D eigenvalue weighted by Crippen LogP contribution is 2.40. The number of hydrogen-bond donors (Lipinski definition) is 0. The maximum absolute atomic E-state index is 14.7. The molecule has 0 spiro atoms. The lowest BCUT2D eigenvalue weighted by Crippen LogP contribution is -2.13. The Hall–Kier alpha value is -2.89. The van der Waals surface area contributed by atoms with E-state index in [1.165, 1.54) is 50.2 Å². The molecule has 6 heteroatoms. The first-order chi connectivity index (χ1) is 16.9. The van der Waals surface area contributed by atoms with Gasteiger partial charge in [-0.3, -0.25) is 0 Å². The summed E-state index contributed by atoms with van der Waals surface area (Å²) >= 11 is 0. The van der Waals surface area contributed by atoms with Crippen molar-refractivity contribution in [1.82, 2.24) is 0 Å². The van der Waals surface area contributed by atoms with Crippen molar-refractivity contribution in [1.29, 1.82) is 0 Å². The lowest BCUT2D eigenvalue weighted by atomic mass is 9.77. The summed E-state index contributed by atoms with van der Waals surface area (Å²) in [6.07, 6.45) is 9.86. The van der Waals surface area contributed by atoms with E-state index in [9.17, 15) is 22.0 Å². The Morgan fingerprint density at radius 1 is 0.743 bits per heavy atom. The largest absolute Gasteiger partial charge is 0.453 e. The molecule has 0 amide bonds. The molecule has 35 heavy (non-hydrogen) atoms. The summed E-state index contributed by atoms with van der Waals surface area (Å²) in [6.45, 7) is 2.22. The van der Waals surface area contributed by atoms with Crippen LogP contribution in [0.2, 0.25) is 0 Å². The van der Waals surface area contributed by atoms with Gasteiger partial charge in [0.1, 0.15) is 5.75 Å². The van der Waals surface area contributed by atoms with Crippen molar-refractivity contribution in [3.63, 3.8) is 0 Å². The molecule has 0 aromatic heterocycles. The third-order valence-corrected chi connectivity index (χ3v) is 6.98. The SMILES string of the molecule is CCCCCC1CCC(c2ccc(-c3ccc(F)c(F)c3Oc3cc(F)c(F)c(F)c3)cc2)CC1. The Morgan fingerprint density at radius 2 is 1.40 bits per heavy atom. The van der Waals surface area contributed by atoms with Crippen LogP contribution in [-0.4, -0.2) is 0 Å². The van der Waals surface area contributed by atoms with Crippen LogP contribution in [0.5, 0.6) is 11.5 Å². The van der Waals surface area contributed by atoms with Gasteiger partial charge in [0, 0.05) is 17.7 Å². The Labute approximate surface area is 202 Å². The van der Waals surface area contributed by atoms with Gasteiger partial charge in [-0.25, -0.2) is 17.6 Å². The molecule has 1 fully saturated rings. The summed E-state index contributed by atoms with van der Waals surface area (Å²) in [5.41, 5.74) is 1.99. The molecule has 0 bridgehead atoms. The normalized spacial score (nSPS) is 18.0. The van der Waals surface area contributed by atoms with Crippen molar-refractivity contribution in [3.05, 3.63) is 83.2 Å². The van der Waals surface area contributed by atoms with E-state index < -0.39 is 40.6 Å². The molecule has 0 unspecified atom stereocenters. The van der Waals surface area contributed by atoms with Gasteiger partial charge >= 0.3 is 0 Å². The third-order valence-electron chi connectivity index (χ3n) is 6.98. The molecule has 0 atom stereocenters. The summed E-state index contributed by atoms with van der Waals surface area (Å²) in [4.78, 5) is 0. The molecule has 1 aliphatic rings. The van der Waals surface area contributed by atoms with Crippen molar-refractivity contribution in [2.75, 3.05) is 0 Å². The zero-order chi connectivity index (χ0) is 24.9. The number of ether oxygens (including phenoxy) is 1. The van der Waals surface area contributed by atoms with Gasteiger partial charge in [-0.2, -0.15) is 4.39 Å².